The molecule has 2 aromatic rings. The molecule has 2 amide bonds. The molecule has 8 heteroatoms. The van der Waals surface area contributed by atoms with Crippen molar-refractivity contribution in [1.29, 1.82) is 0 Å². The van der Waals surface area contributed by atoms with Crippen molar-refractivity contribution < 1.29 is 23.8 Å². The van der Waals surface area contributed by atoms with E-state index in [0.717, 1.165) is 26.2 Å². The summed E-state index contributed by atoms with van der Waals surface area (Å²) in [6.07, 6.45) is 0. The Morgan fingerprint density at radius 2 is 1.39 bits per heavy atom. The number of carbonyl (C=O) groups is 2. The molecule has 0 spiro atoms. The van der Waals surface area contributed by atoms with Gasteiger partial charge < -0.3 is 20.4 Å². The molecule has 2 aromatic carbocycles. The summed E-state index contributed by atoms with van der Waals surface area (Å²) in [5.41, 5.74) is 1.28. The summed E-state index contributed by atoms with van der Waals surface area (Å²) < 4.78 is 12.9. The molecule has 4 N–H and O–H groups in total. The highest BCUT2D eigenvalue weighted by Gasteiger charge is 2.26. The Bertz CT molecular complexity index is 823. The number of amides is 2. The largest absolute Gasteiger partial charge is 0.321 e. The normalized spacial score (nSPS) is 19.1. The quantitative estimate of drug-likeness (QED) is 0.538. The number of rotatable bonds is 6. The predicted molar refractivity (Wildman–Crippen MR) is 106 cm³/mol. The average Bonchev–Trinajstić information content (AvgIpc) is 2.65. The van der Waals surface area contributed by atoms with E-state index in [0.29, 0.717) is 29.5 Å². The lowest BCUT2D eigenvalue weighted by Crippen LogP contribution is -3.28. The lowest BCUT2D eigenvalue weighted by Gasteiger charge is -2.28. The maximum Gasteiger partial charge on any atom is 0.279 e. The van der Waals surface area contributed by atoms with Gasteiger partial charge in [0.05, 0.1) is 0 Å². The van der Waals surface area contributed by atoms with Gasteiger partial charge in [0.15, 0.2) is 13.1 Å². The van der Waals surface area contributed by atoms with Gasteiger partial charge in [-0.25, -0.2) is 4.39 Å². The van der Waals surface area contributed by atoms with E-state index in [4.69, 9.17) is 11.6 Å². The lowest BCUT2D eigenvalue weighted by molar-refractivity contribution is -1.00. The third-order valence-corrected chi connectivity index (χ3v) is 4.96. The Morgan fingerprint density at radius 1 is 0.857 bits per heavy atom. The number of halogens is 2. The average molecular weight is 407 g/mol. The lowest BCUT2D eigenvalue weighted by atomic mass is 10.2. The zero-order valence-electron chi connectivity index (χ0n) is 15.4. The van der Waals surface area contributed by atoms with Crippen LogP contribution < -0.4 is 20.4 Å². The summed E-state index contributed by atoms with van der Waals surface area (Å²) in [5, 5.41) is 6.23. The smallest absolute Gasteiger partial charge is 0.279 e. The Labute approximate surface area is 168 Å². The van der Waals surface area contributed by atoms with Crippen LogP contribution in [0.5, 0.6) is 0 Å². The van der Waals surface area contributed by atoms with E-state index in [1.54, 1.807) is 36.4 Å². The highest BCUT2D eigenvalue weighted by molar-refractivity contribution is 6.30. The van der Waals surface area contributed by atoms with Gasteiger partial charge in [-0.2, -0.15) is 0 Å². The molecule has 1 fully saturated rings. The molecule has 1 aliphatic rings. The number of piperazine rings is 1. The summed E-state index contributed by atoms with van der Waals surface area (Å²) in [4.78, 5) is 26.7. The topological polar surface area (TPSA) is 67.1 Å². The first-order valence-corrected chi connectivity index (χ1v) is 9.64. The van der Waals surface area contributed by atoms with Crippen molar-refractivity contribution in [2.45, 2.75) is 0 Å². The molecule has 1 aliphatic heterocycles. The van der Waals surface area contributed by atoms with Crippen LogP contribution >= 0.6 is 11.6 Å². The van der Waals surface area contributed by atoms with Crippen molar-refractivity contribution in [3.63, 3.8) is 0 Å². The molecule has 0 atom stereocenters. The number of anilines is 2. The third-order valence-electron chi connectivity index (χ3n) is 4.72. The highest BCUT2D eigenvalue weighted by atomic mass is 35.5. The van der Waals surface area contributed by atoms with E-state index in [1.807, 2.05) is 0 Å². The van der Waals surface area contributed by atoms with Crippen molar-refractivity contribution in [3.8, 4) is 0 Å². The summed E-state index contributed by atoms with van der Waals surface area (Å²) in [7, 11) is 0. The molecule has 1 heterocycles. The van der Waals surface area contributed by atoms with E-state index in [9.17, 15) is 14.0 Å². The maximum absolute atomic E-state index is 12.9. The van der Waals surface area contributed by atoms with Crippen LogP contribution in [0.2, 0.25) is 5.02 Å². The van der Waals surface area contributed by atoms with Crippen LogP contribution in [0, 0.1) is 5.82 Å². The maximum atomic E-state index is 12.9. The van der Waals surface area contributed by atoms with Gasteiger partial charge in [0.2, 0.25) is 0 Å². The van der Waals surface area contributed by atoms with Crippen LogP contribution in [-0.4, -0.2) is 51.1 Å². The summed E-state index contributed by atoms with van der Waals surface area (Å²) in [6, 6.07) is 12.8. The second-order valence-corrected chi connectivity index (χ2v) is 7.40. The van der Waals surface area contributed by atoms with Crippen LogP contribution in [0.4, 0.5) is 15.8 Å². The molecule has 0 radical (unpaired) electrons. The minimum Gasteiger partial charge on any atom is -0.321 e. The SMILES string of the molecule is O=C(C[NH+]1CC[NH+](CC(=O)Nc2cccc(Cl)c2)CC1)Nc1ccc(F)cc1. The highest BCUT2D eigenvalue weighted by Crippen LogP contribution is 2.14. The summed E-state index contributed by atoms with van der Waals surface area (Å²) >= 11 is 5.93. The van der Waals surface area contributed by atoms with Crippen molar-refractivity contribution in [2.24, 2.45) is 0 Å². The Balaban J connectivity index is 1.38. The molecule has 28 heavy (non-hydrogen) atoms. The van der Waals surface area contributed by atoms with Crippen LogP contribution in [-0.2, 0) is 9.59 Å². The molecule has 3 rings (SSSR count). The molecule has 0 aromatic heterocycles. The zero-order valence-corrected chi connectivity index (χ0v) is 16.2. The zero-order chi connectivity index (χ0) is 19.9. The van der Waals surface area contributed by atoms with Crippen molar-refractivity contribution >= 4 is 34.8 Å². The minimum atomic E-state index is -0.331. The van der Waals surface area contributed by atoms with Gasteiger partial charge in [0.1, 0.15) is 32.0 Å². The van der Waals surface area contributed by atoms with Crippen LogP contribution in [0.25, 0.3) is 0 Å². The fourth-order valence-electron chi connectivity index (χ4n) is 3.27. The number of hydrogen-bond acceptors (Lipinski definition) is 2. The fraction of sp³-hybridized carbons (Fsp3) is 0.300. The first-order chi connectivity index (χ1) is 13.5. The van der Waals surface area contributed by atoms with Crippen molar-refractivity contribution in [2.75, 3.05) is 49.9 Å². The van der Waals surface area contributed by atoms with Gasteiger partial charge in [-0.1, -0.05) is 17.7 Å². The molecular formula is C20H24ClFN4O2+2. The second kappa shape index (κ2) is 9.64. The molecule has 1 saturated heterocycles. The van der Waals surface area contributed by atoms with Gasteiger partial charge >= 0.3 is 0 Å². The Morgan fingerprint density at radius 3 is 1.93 bits per heavy atom. The molecule has 0 unspecified atom stereocenters. The van der Waals surface area contributed by atoms with Crippen molar-refractivity contribution in [3.05, 3.63) is 59.4 Å². The van der Waals surface area contributed by atoms with Gasteiger partial charge in [-0.15, -0.1) is 0 Å². The van der Waals surface area contributed by atoms with Crippen molar-refractivity contribution in [1.82, 2.24) is 0 Å². The molecule has 0 saturated carbocycles. The number of nitrogens with one attached hydrogen (secondary N) is 4. The van der Waals surface area contributed by atoms with Gasteiger partial charge in [-0.05, 0) is 42.5 Å². The van der Waals surface area contributed by atoms with Crippen LogP contribution in [0.1, 0.15) is 0 Å². The van der Waals surface area contributed by atoms with Gasteiger partial charge in [0.25, 0.3) is 11.8 Å². The fourth-order valence-corrected chi connectivity index (χ4v) is 3.46. The standard InChI is InChI=1S/C20H22ClFN4O2/c21-15-2-1-3-18(12-15)24-20(28)14-26-10-8-25(9-11-26)13-19(27)23-17-6-4-16(22)5-7-17/h1-7,12H,8-11,13-14H2,(H,23,27)(H,24,28)/p+2. The first-order valence-electron chi connectivity index (χ1n) is 9.26. The number of carbonyl (C=O) groups excluding carboxylic acids is 2. The number of quaternary nitrogens is 2. The monoisotopic (exact) mass is 406 g/mol. The van der Waals surface area contributed by atoms with Gasteiger partial charge in [0, 0.05) is 16.4 Å². The van der Waals surface area contributed by atoms with Crippen LogP contribution in [0.15, 0.2) is 48.5 Å². The predicted octanol–water partition coefficient (Wildman–Crippen LogP) is -0.160. The third kappa shape index (κ3) is 6.30. The summed E-state index contributed by atoms with van der Waals surface area (Å²) in [6.45, 7) is 4.03. The van der Waals surface area contributed by atoms with Gasteiger partial charge in [-0.3, -0.25) is 9.59 Å². The number of hydrogen-bond donors (Lipinski definition) is 4. The van der Waals surface area contributed by atoms with E-state index in [1.165, 1.54) is 21.9 Å². The van der Waals surface area contributed by atoms with Crippen LogP contribution in [0.3, 0.4) is 0 Å². The molecule has 6 nitrogen and oxygen atoms in total. The van der Waals surface area contributed by atoms with E-state index in [2.05, 4.69) is 10.6 Å². The summed E-state index contributed by atoms with van der Waals surface area (Å²) in [5.74, 6) is -0.472. The minimum absolute atomic E-state index is 0.0465. The molecule has 0 aliphatic carbocycles. The second-order valence-electron chi connectivity index (χ2n) is 6.97. The molecule has 148 valence electrons. The Kier molecular flexibility index (Phi) is 6.97. The van der Waals surface area contributed by atoms with E-state index in [-0.39, 0.29) is 17.6 Å². The Hall–Kier alpha value is -2.48. The molecule has 0 bridgehead atoms. The first kappa shape index (κ1) is 20.3. The molecular weight excluding hydrogens is 383 g/mol. The van der Waals surface area contributed by atoms with E-state index >= 15 is 0 Å². The number of benzene rings is 2. The van der Waals surface area contributed by atoms with E-state index < -0.39 is 0 Å².